The van der Waals surface area contributed by atoms with Crippen LogP contribution >= 0.6 is 0 Å². The highest BCUT2D eigenvalue weighted by molar-refractivity contribution is 5.97. The number of H-pyrrole nitrogens is 1. The maximum atomic E-state index is 13.1. The van der Waals surface area contributed by atoms with Crippen LogP contribution in [0.5, 0.6) is 5.75 Å². The van der Waals surface area contributed by atoms with E-state index in [2.05, 4.69) is 4.98 Å². The molecule has 1 amide bonds. The summed E-state index contributed by atoms with van der Waals surface area (Å²) in [5, 5.41) is 0. The van der Waals surface area contributed by atoms with Crippen molar-refractivity contribution in [1.82, 2.24) is 9.55 Å². The number of nitrogens with zero attached hydrogens (tertiary/aromatic N) is 2. The van der Waals surface area contributed by atoms with E-state index in [0.29, 0.717) is 18.7 Å². The molecule has 2 aromatic rings. The Hall–Kier alpha value is -3.10. The van der Waals surface area contributed by atoms with Gasteiger partial charge < -0.3 is 10.5 Å². The second-order valence-electron chi connectivity index (χ2n) is 7.44. The molecule has 0 radical (unpaired) electrons. The molecular formula is C21H27FN4O4. The zero-order valence-electron chi connectivity index (χ0n) is 17.0. The summed E-state index contributed by atoms with van der Waals surface area (Å²) in [6.07, 6.45) is 4.88. The molecule has 0 unspecified atom stereocenters. The van der Waals surface area contributed by atoms with Crippen LogP contribution in [0.3, 0.4) is 0 Å². The second-order valence-corrected chi connectivity index (χ2v) is 7.44. The Balaban J connectivity index is 1.93. The predicted octanol–water partition coefficient (Wildman–Crippen LogP) is 2.41. The van der Waals surface area contributed by atoms with Crippen molar-refractivity contribution in [3.05, 3.63) is 50.9 Å². The number of halogens is 1. The highest BCUT2D eigenvalue weighted by Gasteiger charge is 2.32. The average molecular weight is 418 g/mol. The van der Waals surface area contributed by atoms with Gasteiger partial charge in [0.2, 0.25) is 0 Å². The minimum atomic E-state index is -0.688. The summed E-state index contributed by atoms with van der Waals surface area (Å²) in [7, 11) is 0. The van der Waals surface area contributed by atoms with Crippen LogP contribution in [0, 0.1) is 5.82 Å². The standard InChI is InChI=1S/C21H27FN4O4/c1-2-3-12-25-19(23)18(20(28)24-21(25)29)26(15-6-4-5-7-15)17(27)13-30-16-10-8-14(22)9-11-16/h8-11,15H,2-7,12-13,23H2,1H3,(H,24,28,29). The molecule has 3 rings (SSSR count). The number of carbonyl (C=O) groups is 1. The molecular weight excluding hydrogens is 391 g/mol. The smallest absolute Gasteiger partial charge is 0.330 e. The van der Waals surface area contributed by atoms with Crippen molar-refractivity contribution < 1.29 is 13.9 Å². The molecule has 1 fully saturated rings. The predicted molar refractivity (Wildman–Crippen MR) is 112 cm³/mol. The Labute approximate surface area is 173 Å². The fourth-order valence-electron chi connectivity index (χ4n) is 3.77. The molecule has 3 N–H and O–H groups in total. The fraction of sp³-hybridized carbons (Fsp3) is 0.476. The van der Waals surface area contributed by atoms with Crippen LogP contribution in [0.25, 0.3) is 0 Å². The van der Waals surface area contributed by atoms with Crippen molar-refractivity contribution in [3.8, 4) is 5.75 Å². The normalized spacial score (nSPS) is 14.1. The molecule has 0 aliphatic heterocycles. The fourth-order valence-corrected chi connectivity index (χ4v) is 3.77. The lowest BCUT2D eigenvalue weighted by molar-refractivity contribution is -0.121. The van der Waals surface area contributed by atoms with Gasteiger partial charge in [-0.15, -0.1) is 0 Å². The van der Waals surface area contributed by atoms with E-state index >= 15 is 0 Å². The number of nitrogens with two attached hydrogens (primary N) is 1. The molecule has 0 spiro atoms. The van der Waals surface area contributed by atoms with Gasteiger partial charge in [0.05, 0.1) is 0 Å². The Morgan fingerprint density at radius 2 is 1.93 bits per heavy atom. The summed E-state index contributed by atoms with van der Waals surface area (Å²) in [5.74, 6) is -0.524. The van der Waals surface area contributed by atoms with Crippen LogP contribution < -0.4 is 26.6 Å². The summed E-state index contributed by atoms with van der Waals surface area (Å²) >= 11 is 0. The number of anilines is 2. The van der Waals surface area contributed by atoms with Crippen molar-refractivity contribution in [3.63, 3.8) is 0 Å². The van der Waals surface area contributed by atoms with Crippen LogP contribution in [-0.4, -0.2) is 28.1 Å². The number of aromatic amines is 1. The monoisotopic (exact) mass is 418 g/mol. The minimum Gasteiger partial charge on any atom is -0.484 e. The highest BCUT2D eigenvalue weighted by Crippen LogP contribution is 2.29. The zero-order valence-corrected chi connectivity index (χ0v) is 17.0. The van der Waals surface area contributed by atoms with Gasteiger partial charge in [0.25, 0.3) is 11.5 Å². The number of amides is 1. The summed E-state index contributed by atoms with van der Waals surface area (Å²) in [5.41, 5.74) is 4.94. The van der Waals surface area contributed by atoms with E-state index in [1.54, 1.807) is 0 Å². The minimum absolute atomic E-state index is 0.00897. The van der Waals surface area contributed by atoms with E-state index in [0.717, 1.165) is 32.1 Å². The molecule has 1 aliphatic carbocycles. The van der Waals surface area contributed by atoms with Crippen LogP contribution in [0.15, 0.2) is 33.9 Å². The molecule has 1 saturated carbocycles. The highest BCUT2D eigenvalue weighted by atomic mass is 19.1. The van der Waals surface area contributed by atoms with Gasteiger partial charge in [0.1, 0.15) is 17.4 Å². The van der Waals surface area contributed by atoms with E-state index in [1.807, 2.05) is 6.92 Å². The summed E-state index contributed by atoms with van der Waals surface area (Å²) in [6.45, 7) is 1.99. The second kappa shape index (κ2) is 9.60. The van der Waals surface area contributed by atoms with Crippen LogP contribution in [0.2, 0.25) is 0 Å². The number of hydrogen-bond acceptors (Lipinski definition) is 5. The number of ether oxygens (including phenoxy) is 1. The largest absolute Gasteiger partial charge is 0.484 e. The number of unbranched alkanes of at least 4 members (excludes halogenated alkanes) is 1. The number of carbonyl (C=O) groups excluding carboxylic acids is 1. The average Bonchev–Trinajstić information content (AvgIpc) is 3.24. The third-order valence-corrected chi connectivity index (χ3v) is 5.32. The van der Waals surface area contributed by atoms with Gasteiger partial charge in [0.15, 0.2) is 12.3 Å². The molecule has 1 aromatic heterocycles. The quantitative estimate of drug-likeness (QED) is 0.684. The van der Waals surface area contributed by atoms with Crippen molar-refractivity contribution in [2.45, 2.75) is 58.0 Å². The molecule has 9 heteroatoms. The van der Waals surface area contributed by atoms with Gasteiger partial charge in [-0.05, 0) is 43.5 Å². The number of benzene rings is 1. The Morgan fingerprint density at radius 3 is 2.57 bits per heavy atom. The molecule has 1 heterocycles. The van der Waals surface area contributed by atoms with E-state index in [1.165, 1.54) is 33.7 Å². The maximum absolute atomic E-state index is 13.1. The van der Waals surface area contributed by atoms with Crippen molar-refractivity contribution in [1.29, 1.82) is 0 Å². The van der Waals surface area contributed by atoms with Gasteiger partial charge in [-0.1, -0.05) is 26.2 Å². The number of aromatic nitrogens is 2. The number of nitrogen functional groups attached to an aromatic ring is 1. The Morgan fingerprint density at radius 1 is 1.27 bits per heavy atom. The first-order valence-electron chi connectivity index (χ1n) is 10.3. The van der Waals surface area contributed by atoms with Crippen molar-refractivity contribution >= 4 is 17.4 Å². The Bertz CT molecular complexity index is 994. The van der Waals surface area contributed by atoms with Crippen molar-refractivity contribution in [2.75, 3.05) is 17.2 Å². The zero-order chi connectivity index (χ0) is 21.7. The Kier molecular flexibility index (Phi) is 6.91. The summed E-state index contributed by atoms with van der Waals surface area (Å²) in [4.78, 5) is 41.7. The van der Waals surface area contributed by atoms with Crippen LogP contribution in [0.1, 0.15) is 45.4 Å². The molecule has 0 atom stereocenters. The maximum Gasteiger partial charge on any atom is 0.330 e. The van der Waals surface area contributed by atoms with Gasteiger partial charge in [-0.3, -0.25) is 24.0 Å². The first-order chi connectivity index (χ1) is 14.4. The van der Waals surface area contributed by atoms with E-state index < -0.39 is 23.0 Å². The third kappa shape index (κ3) is 4.72. The van der Waals surface area contributed by atoms with Gasteiger partial charge in [-0.25, -0.2) is 9.18 Å². The summed E-state index contributed by atoms with van der Waals surface area (Å²) < 4.78 is 19.9. The molecule has 8 nitrogen and oxygen atoms in total. The SMILES string of the molecule is CCCCn1c(N)c(N(C(=O)COc2ccc(F)cc2)C2CCCC2)c(=O)[nH]c1=O. The molecule has 1 aromatic carbocycles. The molecule has 0 saturated heterocycles. The van der Waals surface area contributed by atoms with Gasteiger partial charge in [0, 0.05) is 12.6 Å². The lowest BCUT2D eigenvalue weighted by Gasteiger charge is -2.29. The lowest BCUT2D eigenvalue weighted by atomic mass is 10.2. The van der Waals surface area contributed by atoms with Gasteiger partial charge >= 0.3 is 5.69 Å². The lowest BCUT2D eigenvalue weighted by Crippen LogP contribution is -2.47. The first kappa shape index (κ1) is 21.6. The van der Waals surface area contributed by atoms with Crippen molar-refractivity contribution in [2.24, 2.45) is 0 Å². The molecule has 30 heavy (non-hydrogen) atoms. The number of nitrogens with one attached hydrogen (secondary N) is 1. The number of hydrogen-bond donors (Lipinski definition) is 2. The van der Waals surface area contributed by atoms with Gasteiger partial charge in [-0.2, -0.15) is 0 Å². The van der Waals surface area contributed by atoms with Crippen LogP contribution in [0.4, 0.5) is 15.9 Å². The molecule has 1 aliphatic rings. The molecule has 162 valence electrons. The number of rotatable bonds is 8. The van der Waals surface area contributed by atoms with E-state index in [-0.39, 0.29) is 24.2 Å². The van der Waals surface area contributed by atoms with Crippen LogP contribution in [-0.2, 0) is 11.3 Å². The van der Waals surface area contributed by atoms with E-state index in [4.69, 9.17) is 10.5 Å². The first-order valence-corrected chi connectivity index (χ1v) is 10.3. The summed E-state index contributed by atoms with van der Waals surface area (Å²) in [6, 6.07) is 5.13. The topological polar surface area (TPSA) is 110 Å². The molecule has 0 bridgehead atoms. The third-order valence-electron chi connectivity index (χ3n) is 5.32. The van der Waals surface area contributed by atoms with E-state index in [9.17, 15) is 18.8 Å².